The number of rotatable bonds is 3. The Bertz CT molecular complexity index is 779. The number of amides is 2. The van der Waals surface area contributed by atoms with Crippen molar-refractivity contribution in [2.45, 2.75) is 18.7 Å². The lowest BCUT2D eigenvalue weighted by Crippen LogP contribution is -2.34. The van der Waals surface area contributed by atoms with Crippen LogP contribution in [0, 0.1) is 0 Å². The SMILES string of the molecule is CCc1ccc(NC(=O)N2CCS[C@H]2c2ccc3c(c2)OCO3)cc1. The molecule has 25 heavy (non-hydrogen) atoms. The minimum Gasteiger partial charge on any atom is -0.454 e. The molecule has 2 aromatic rings. The number of carbonyl (C=O) groups is 1. The molecule has 1 saturated heterocycles. The van der Waals surface area contributed by atoms with Gasteiger partial charge >= 0.3 is 6.03 Å². The Morgan fingerprint density at radius 1 is 1.20 bits per heavy atom. The van der Waals surface area contributed by atoms with Crippen molar-refractivity contribution in [3.05, 3.63) is 53.6 Å². The van der Waals surface area contributed by atoms with Crippen LogP contribution in [0.3, 0.4) is 0 Å². The molecular weight excluding hydrogens is 336 g/mol. The van der Waals surface area contributed by atoms with Crippen molar-refractivity contribution in [2.24, 2.45) is 0 Å². The standard InChI is InChI=1S/C19H20N2O3S/c1-2-13-3-6-15(7-4-13)20-19(22)21-9-10-25-18(21)14-5-8-16-17(11-14)24-12-23-16/h3-8,11,18H,2,9-10,12H2,1H3,(H,20,22)/t18-/m0/s1. The average molecular weight is 356 g/mol. The lowest BCUT2D eigenvalue weighted by molar-refractivity contribution is 0.174. The molecular formula is C19H20N2O3S. The van der Waals surface area contributed by atoms with E-state index >= 15 is 0 Å². The highest BCUT2D eigenvalue weighted by Gasteiger charge is 2.31. The van der Waals surface area contributed by atoms with Gasteiger partial charge < -0.3 is 19.7 Å². The van der Waals surface area contributed by atoms with E-state index in [1.165, 1.54) is 5.56 Å². The number of fused-ring (bicyclic) bond motifs is 1. The van der Waals surface area contributed by atoms with E-state index in [2.05, 4.69) is 12.2 Å². The third kappa shape index (κ3) is 3.26. The Morgan fingerprint density at radius 2 is 2.00 bits per heavy atom. The summed E-state index contributed by atoms with van der Waals surface area (Å²) in [5.74, 6) is 2.43. The Morgan fingerprint density at radius 3 is 2.80 bits per heavy atom. The van der Waals surface area contributed by atoms with Crippen LogP contribution in [-0.4, -0.2) is 30.0 Å². The predicted octanol–water partition coefficient (Wildman–Crippen LogP) is 4.26. The number of hydrogen-bond donors (Lipinski definition) is 1. The summed E-state index contributed by atoms with van der Waals surface area (Å²) in [6.45, 7) is 3.10. The van der Waals surface area contributed by atoms with E-state index in [0.717, 1.165) is 41.5 Å². The van der Waals surface area contributed by atoms with Gasteiger partial charge in [0.15, 0.2) is 11.5 Å². The number of nitrogens with one attached hydrogen (secondary N) is 1. The second kappa shape index (κ2) is 6.88. The first kappa shape index (κ1) is 16.1. The van der Waals surface area contributed by atoms with Crippen molar-refractivity contribution < 1.29 is 14.3 Å². The normalized spacial score (nSPS) is 18.4. The lowest BCUT2D eigenvalue weighted by Gasteiger charge is -2.24. The highest BCUT2D eigenvalue weighted by Crippen LogP contribution is 2.42. The monoisotopic (exact) mass is 356 g/mol. The van der Waals surface area contributed by atoms with E-state index in [1.54, 1.807) is 11.8 Å². The fourth-order valence-corrected chi connectivity index (χ4v) is 4.29. The van der Waals surface area contributed by atoms with Gasteiger partial charge in [0.2, 0.25) is 6.79 Å². The summed E-state index contributed by atoms with van der Waals surface area (Å²) in [6.07, 6.45) is 0.989. The highest BCUT2D eigenvalue weighted by molar-refractivity contribution is 7.99. The van der Waals surface area contributed by atoms with E-state index in [1.807, 2.05) is 47.4 Å². The minimum absolute atomic E-state index is 0.00980. The van der Waals surface area contributed by atoms with Gasteiger partial charge in [-0.3, -0.25) is 0 Å². The molecule has 0 aromatic heterocycles. The number of aryl methyl sites for hydroxylation is 1. The van der Waals surface area contributed by atoms with Gasteiger partial charge in [0.05, 0.1) is 0 Å². The number of hydrogen-bond acceptors (Lipinski definition) is 4. The maximum atomic E-state index is 12.7. The average Bonchev–Trinajstić information content (AvgIpc) is 3.30. The molecule has 0 spiro atoms. The zero-order valence-corrected chi connectivity index (χ0v) is 14.8. The van der Waals surface area contributed by atoms with E-state index in [0.29, 0.717) is 0 Å². The molecule has 0 bridgehead atoms. The van der Waals surface area contributed by atoms with Gasteiger partial charge in [0, 0.05) is 18.0 Å². The summed E-state index contributed by atoms with van der Waals surface area (Å²) in [5.41, 5.74) is 3.14. The van der Waals surface area contributed by atoms with Crippen molar-refractivity contribution in [1.82, 2.24) is 4.90 Å². The largest absolute Gasteiger partial charge is 0.454 e. The van der Waals surface area contributed by atoms with Crippen molar-refractivity contribution in [3.63, 3.8) is 0 Å². The molecule has 0 aliphatic carbocycles. The van der Waals surface area contributed by atoms with Crippen LogP contribution in [-0.2, 0) is 6.42 Å². The summed E-state index contributed by atoms with van der Waals surface area (Å²) >= 11 is 1.76. The number of thioether (sulfide) groups is 1. The zero-order chi connectivity index (χ0) is 17.2. The van der Waals surface area contributed by atoms with Crippen molar-refractivity contribution in [1.29, 1.82) is 0 Å². The molecule has 2 amide bonds. The molecule has 1 N–H and O–H groups in total. The Labute approximate surface area is 151 Å². The molecule has 1 atom stereocenters. The smallest absolute Gasteiger partial charge is 0.323 e. The van der Waals surface area contributed by atoms with Crippen LogP contribution in [0.1, 0.15) is 23.4 Å². The van der Waals surface area contributed by atoms with Crippen LogP contribution in [0.4, 0.5) is 10.5 Å². The predicted molar refractivity (Wildman–Crippen MR) is 99.3 cm³/mol. The van der Waals surface area contributed by atoms with E-state index in [9.17, 15) is 4.79 Å². The van der Waals surface area contributed by atoms with Gasteiger partial charge in [0.25, 0.3) is 0 Å². The second-order valence-electron chi connectivity index (χ2n) is 6.01. The quantitative estimate of drug-likeness (QED) is 0.893. The van der Waals surface area contributed by atoms with Gasteiger partial charge in [-0.15, -0.1) is 11.8 Å². The number of nitrogens with zero attached hydrogens (tertiary/aromatic N) is 1. The summed E-state index contributed by atoms with van der Waals surface area (Å²) in [4.78, 5) is 14.6. The minimum atomic E-state index is -0.0723. The molecule has 0 radical (unpaired) electrons. The van der Waals surface area contributed by atoms with Crippen LogP contribution in [0.25, 0.3) is 0 Å². The number of carbonyl (C=O) groups excluding carboxylic acids is 1. The number of ether oxygens (including phenoxy) is 2. The molecule has 2 aliphatic rings. The Balaban J connectivity index is 1.49. The maximum Gasteiger partial charge on any atom is 0.323 e. The summed E-state index contributed by atoms with van der Waals surface area (Å²) in [5, 5.41) is 3.00. The molecule has 2 aliphatic heterocycles. The first-order valence-corrected chi connectivity index (χ1v) is 9.47. The second-order valence-corrected chi connectivity index (χ2v) is 7.20. The van der Waals surface area contributed by atoms with Gasteiger partial charge in [-0.2, -0.15) is 0 Å². The van der Waals surface area contributed by atoms with Crippen LogP contribution in [0.2, 0.25) is 0 Å². The molecule has 130 valence electrons. The number of urea groups is 1. The van der Waals surface area contributed by atoms with Crippen LogP contribution >= 0.6 is 11.8 Å². The van der Waals surface area contributed by atoms with E-state index in [-0.39, 0.29) is 18.2 Å². The summed E-state index contributed by atoms with van der Waals surface area (Å²) in [6, 6.07) is 13.8. The molecule has 0 saturated carbocycles. The lowest BCUT2D eigenvalue weighted by atomic mass is 10.1. The molecule has 2 aromatic carbocycles. The third-order valence-electron chi connectivity index (χ3n) is 4.45. The Kier molecular flexibility index (Phi) is 4.44. The van der Waals surface area contributed by atoms with Crippen molar-refractivity contribution in [2.75, 3.05) is 24.4 Å². The van der Waals surface area contributed by atoms with Gasteiger partial charge in [-0.1, -0.05) is 25.1 Å². The first-order valence-electron chi connectivity index (χ1n) is 8.42. The van der Waals surface area contributed by atoms with Gasteiger partial charge in [0.1, 0.15) is 5.37 Å². The van der Waals surface area contributed by atoms with E-state index in [4.69, 9.17) is 9.47 Å². The Hall–Kier alpha value is -2.34. The third-order valence-corrected chi connectivity index (χ3v) is 5.71. The molecule has 0 unspecified atom stereocenters. The number of anilines is 1. The zero-order valence-electron chi connectivity index (χ0n) is 14.0. The van der Waals surface area contributed by atoms with Crippen LogP contribution in [0.5, 0.6) is 11.5 Å². The van der Waals surface area contributed by atoms with Crippen molar-refractivity contribution in [3.8, 4) is 11.5 Å². The fourth-order valence-electron chi connectivity index (χ4n) is 3.04. The first-order chi connectivity index (χ1) is 12.2. The topological polar surface area (TPSA) is 50.8 Å². The summed E-state index contributed by atoms with van der Waals surface area (Å²) in [7, 11) is 0. The van der Waals surface area contributed by atoms with Crippen LogP contribution < -0.4 is 14.8 Å². The molecule has 4 rings (SSSR count). The molecule has 6 heteroatoms. The van der Waals surface area contributed by atoms with Gasteiger partial charge in [-0.05, 0) is 41.8 Å². The van der Waals surface area contributed by atoms with E-state index < -0.39 is 0 Å². The van der Waals surface area contributed by atoms with Crippen molar-refractivity contribution >= 4 is 23.5 Å². The van der Waals surface area contributed by atoms with Crippen LogP contribution in [0.15, 0.2) is 42.5 Å². The van der Waals surface area contributed by atoms with Gasteiger partial charge in [-0.25, -0.2) is 4.79 Å². The molecule has 2 heterocycles. The summed E-state index contributed by atoms with van der Waals surface area (Å²) < 4.78 is 10.8. The number of benzene rings is 2. The maximum absolute atomic E-state index is 12.7. The highest BCUT2D eigenvalue weighted by atomic mass is 32.2. The molecule has 5 nitrogen and oxygen atoms in total. The fraction of sp³-hybridized carbons (Fsp3) is 0.316. The molecule has 1 fully saturated rings.